The van der Waals surface area contributed by atoms with Gasteiger partial charge in [0, 0.05) is 5.41 Å². The van der Waals surface area contributed by atoms with Crippen LogP contribution in [0.1, 0.15) is 32.1 Å². The summed E-state index contributed by atoms with van der Waals surface area (Å²) in [7, 11) is 0. The van der Waals surface area contributed by atoms with E-state index in [1.807, 2.05) is 0 Å². The highest BCUT2D eigenvalue weighted by molar-refractivity contribution is 5.75. The molecule has 2 aliphatic rings. The molecule has 2 rings (SSSR count). The van der Waals surface area contributed by atoms with Crippen molar-refractivity contribution in [3.05, 3.63) is 0 Å². The van der Waals surface area contributed by atoms with Crippen LogP contribution >= 0.6 is 0 Å². The van der Waals surface area contributed by atoms with Crippen LogP contribution in [0.3, 0.4) is 0 Å². The molecule has 0 aromatic heterocycles. The third kappa shape index (κ3) is 0.952. The van der Waals surface area contributed by atoms with E-state index in [9.17, 15) is 9.18 Å². The van der Waals surface area contributed by atoms with Crippen LogP contribution in [0.5, 0.6) is 0 Å². The fraction of sp³-hybridized carbons (Fsp3) is 0.889. The number of hydrogen-bond acceptors (Lipinski definition) is 1. The first-order chi connectivity index (χ1) is 5.67. The fourth-order valence-electron chi connectivity index (χ4n) is 2.50. The standard InChI is InChI=1S/C9H13FO2/c10-7-3-1-2-4-9(7)5-6(9)8(11)12/h6-7H,1-5H2,(H,11,12). The molecule has 0 heterocycles. The Hall–Kier alpha value is -0.600. The van der Waals surface area contributed by atoms with Crippen molar-refractivity contribution < 1.29 is 14.3 Å². The van der Waals surface area contributed by atoms with E-state index in [4.69, 9.17) is 5.11 Å². The molecule has 0 bridgehead atoms. The van der Waals surface area contributed by atoms with Gasteiger partial charge in [-0.1, -0.05) is 12.8 Å². The van der Waals surface area contributed by atoms with E-state index >= 15 is 0 Å². The van der Waals surface area contributed by atoms with Crippen LogP contribution in [0.15, 0.2) is 0 Å². The molecule has 3 heteroatoms. The minimum absolute atomic E-state index is 0.382. The van der Waals surface area contributed by atoms with Crippen molar-refractivity contribution in [1.82, 2.24) is 0 Å². The minimum Gasteiger partial charge on any atom is -0.481 e. The predicted octanol–water partition coefficient (Wildman–Crippen LogP) is 1.99. The monoisotopic (exact) mass is 172 g/mol. The molecule has 2 aliphatic carbocycles. The van der Waals surface area contributed by atoms with Gasteiger partial charge in [-0.2, -0.15) is 0 Å². The third-order valence-corrected chi connectivity index (χ3v) is 3.39. The quantitative estimate of drug-likeness (QED) is 0.656. The summed E-state index contributed by atoms with van der Waals surface area (Å²) in [5, 5.41) is 8.72. The van der Waals surface area contributed by atoms with Crippen LogP contribution in [0, 0.1) is 11.3 Å². The van der Waals surface area contributed by atoms with Crippen molar-refractivity contribution in [3.63, 3.8) is 0 Å². The fourth-order valence-corrected chi connectivity index (χ4v) is 2.50. The van der Waals surface area contributed by atoms with Crippen molar-refractivity contribution in [3.8, 4) is 0 Å². The highest BCUT2D eigenvalue weighted by atomic mass is 19.1. The van der Waals surface area contributed by atoms with Gasteiger partial charge in [0.05, 0.1) is 5.92 Å². The summed E-state index contributed by atoms with van der Waals surface area (Å²) in [6.07, 6.45) is 3.00. The van der Waals surface area contributed by atoms with E-state index in [1.54, 1.807) is 0 Å². The summed E-state index contributed by atoms with van der Waals surface area (Å²) in [4.78, 5) is 10.6. The first-order valence-electron chi connectivity index (χ1n) is 4.54. The van der Waals surface area contributed by atoms with Gasteiger partial charge >= 0.3 is 5.97 Å². The molecule has 0 radical (unpaired) electrons. The summed E-state index contributed by atoms with van der Waals surface area (Å²) in [6.45, 7) is 0. The maximum absolute atomic E-state index is 13.4. The zero-order chi connectivity index (χ0) is 8.77. The van der Waals surface area contributed by atoms with Crippen LogP contribution in [0.4, 0.5) is 4.39 Å². The maximum Gasteiger partial charge on any atom is 0.307 e. The molecule has 12 heavy (non-hydrogen) atoms. The third-order valence-electron chi connectivity index (χ3n) is 3.39. The van der Waals surface area contributed by atoms with Crippen LogP contribution in [0.25, 0.3) is 0 Å². The Labute approximate surface area is 70.8 Å². The molecule has 0 aliphatic heterocycles. The van der Waals surface area contributed by atoms with Gasteiger partial charge in [-0.15, -0.1) is 0 Å². The van der Waals surface area contributed by atoms with Crippen molar-refractivity contribution in [2.45, 2.75) is 38.3 Å². The van der Waals surface area contributed by atoms with Gasteiger partial charge in [-0.25, -0.2) is 4.39 Å². The highest BCUT2D eigenvalue weighted by Crippen LogP contribution is 2.62. The van der Waals surface area contributed by atoms with E-state index in [2.05, 4.69) is 0 Å². The van der Waals surface area contributed by atoms with Crippen LogP contribution in [0.2, 0.25) is 0 Å². The minimum atomic E-state index is -0.854. The number of halogens is 1. The van der Waals surface area contributed by atoms with Gasteiger partial charge < -0.3 is 5.11 Å². The van der Waals surface area contributed by atoms with E-state index in [-0.39, 0.29) is 5.92 Å². The number of rotatable bonds is 1. The Morgan fingerprint density at radius 1 is 1.50 bits per heavy atom. The first-order valence-corrected chi connectivity index (χ1v) is 4.54. The molecular weight excluding hydrogens is 159 g/mol. The molecule has 2 saturated carbocycles. The second kappa shape index (κ2) is 2.44. The number of alkyl halides is 1. The SMILES string of the molecule is O=C(O)C1CC12CCCCC2F. The Bertz CT molecular complexity index is 217. The molecule has 0 saturated heterocycles. The van der Waals surface area contributed by atoms with Gasteiger partial charge in [0.25, 0.3) is 0 Å². The average Bonchev–Trinajstić information content (AvgIpc) is 2.72. The average molecular weight is 172 g/mol. The highest BCUT2D eigenvalue weighted by Gasteiger charge is 2.63. The van der Waals surface area contributed by atoms with Gasteiger partial charge in [-0.3, -0.25) is 4.79 Å². The number of carbonyl (C=O) groups is 1. The van der Waals surface area contributed by atoms with Gasteiger partial charge in [-0.05, 0) is 19.3 Å². The van der Waals surface area contributed by atoms with E-state index < -0.39 is 17.6 Å². The molecule has 0 amide bonds. The summed E-state index contributed by atoms with van der Waals surface area (Å²) < 4.78 is 13.4. The number of hydrogen-bond donors (Lipinski definition) is 1. The van der Waals surface area contributed by atoms with Gasteiger partial charge in [0.2, 0.25) is 0 Å². The molecule has 2 fully saturated rings. The number of carboxylic acids is 1. The molecule has 68 valence electrons. The maximum atomic E-state index is 13.4. The second-order valence-corrected chi connectivity index (χ2v) is 4.04. The Morgan fingerprint density at radius 2 is 2.25 bits per heavy atom. The van der Waals surface area contributed by atoms with Crippen molar-refractivity contribution >= 4 is 5.97 Å². The topological polar surface area (TPSA) is 37.3 Å². The van der Waals surface area contributed by atoms with Crippen LogP contribution in [-0.4, -0.2) is 17.2 Å². The van der Waals surface area contributed by atoms with Crippen LogP contribution in [-0.2, 0) is 4.79 Å². The Balaban J connectivity index is 2.07. The summed E-state index contributed by atoms with van der Waals surface area (Å²) >= 11 is 0. The molecule has 0 aromatic carbocycles. The Morgan fingerprint density at radius 3 is 2.75 bits per heavy atom. The molecule has 3 atom stereocenters. The lowest BCUT2D eigenvalue weighted by molar-refractivity contribution is -0.140. The first kappa shape index (κ1) is 8.02. The lowest BCUT2D eigenvalue weighted by atomic mass is 9.83. The summed E-state index contributed by atoms with van der Waals surface area (Å²) in [5.41, 5.74) is -0.440. The smallest absolute Gasteiger partial charge is 0.307 e. The molecular formula is C9H13FO2. The zero-order valence-corrected chi connectivity index (χ0v) is 6.92. The lowest BCUT2D eigenvalue weighted by Gasteiger charge is -2.25. The summed E-state index contributed by atoms with van der Waals surface area (Å²) in [6, 6.07) is 0. The van der Waals surface area contributed by atoms with Gasteiger partial charge in [0.1, 0.15) is 6.17 Å². The second-order valence-electron chi connectivity index (χ2n) is 4.04. The zero-order valence-electron chi connectivity index (χ0n) is 6.92. The molecule has 2 nitrogen and oxygen atoms in total. The number of carboxylic acid groups (broad SMARTS) is 1. The van der Waals surface area contributed by atoms with Crippen LogP contribution < -0.4 is 0 Å². The lowest BCUT2D eigenvalue weighted by Crippen LogP contribution is -2.26. The van der Waals surface area contributed by atoms with E-state index in [1.165, 1.54) is 0 Å². The number of aliphatic carboxylic acids is 1. The predicted molar refractivity (Wildman–Crippen MR) is 41.5 cm³/mol. The summed E-state index contributed by atoms with van der Waals surface area (Å²) in [5.74, 6) is -1.19. The normalized spacial score (nSPS) is 46.1. The Kier molecular flexibility index (Phi) is 1.63. The van der Waals surface area contributed by atoms with Crippen molar-refractivity contribution in [2.75, 3.05) is 0 Å². The molecule has 3 unspecified atom stereocenters. The van der Waals surface area contributed by atoms with Gasteiger partial charge in [0.15, 0.2) is 0 Å². The molecule has 0 aromatic rings. The van der Waals surface area contributed by atoms with E-state index in [0.29, 0.717) is 12.8 Å². The van der Waals surface area contributed by atoms with Crippen molar-refractivity contribution in [1.29, 1.82) is 0 Å². The molecule has 1 N–H and O–H groups in total. The van der Waals surface area contributed by atoms with E-state index in [0.717, 1.165) is 19.3 Å². The van der Waals surface area contributed by atoms with Crippen molar-refractivity contribution in [2.24, 2.45) is 11.3 Å². The molecule has 1 spiro atoms. The largest absolute Gasteiger partial charge is 0.481 e.